The summed E-state index contributed by atoms with van der Waals surface area (Å²) in [7, 11) is 0. The van der Waals surface area contributed by atoms with Gasteiger partial charge in [0.25, 0.3) is 11.8 Å². The third-order valence-corrected chi connectivity index (χ3v) is 6.91. The molecule has 7 nitrogen and oxygen atoms in total. The number of benzene rings is 1. The Kier molecular flexibility index (Phi) is 5.69. The lowest BCUT2D eigenvalue weighted by molar-refractivity contribution is -0.129. The highest BCUT2D eigenvalue weighted by Crippen LogP contribution is 2.47. The third-order valence-electron chi connectivity index (χ3n) is 6.01. The van der Waals surface area contributed by atoms with Crippen molar-refractivity contribution in [2.45, 2.75) is 49.3 Å². The fourth-order valence-electron chi connectivity index (χ4n) is 4.32. The smallest absolute Gasteiger partial charge is 0.271 e. The molecule has 3 aliphatic carbocycles. The number of nitrogens with one attached hydrogen (secondary N) is 2. The maximum atomic E-state index is 13.5. The number of carbonyl (C=O) groups excluding carboxylic acids is 2. The normalized spacial score (nSPS) is 27.5. The maximum Gasteiger partial charge on any atom is 0.271 e. The van der Waals surface area contributed by atoms with E-state index < -0.39 is 23.0 Å². The molecule has 0 saturated heterocycles. The minimum Gasteiger partial charge on any atom is -0.484 e. The number of rotatable bonds is 6. The molecule has 2 bridgehead atoms. The molecule has 1 aromatic heterocycles. The predicted molar refractivity (Wildman–Crippen MR) is 109 cm³/mol. The molecule has 2 amide bonds. The van der Waals surface area contributed by atoms with Crippen LogP contribution in [0.25, 0.3) is 0 Å². The molecule has 10 heteroatoms. The first-order valence-electron chi connectivity index (χ1n) is 9.59. The zero-order valence-electron chi connectivity index (χ0n) is 16.0. The number of carbonyl (C=O) groups is 2. The van der Waals surface area contributed by atoms with Gasteiger partial charge in [0.1, 0.15) is 17.3 Å². The van der Waals surface area contributed by atoms with Crippen molar-refractivity contribution >= 4 is 34.8 Å². The second-order valence-corrected chi connectivity index (χ2v) is 9.02. The number of amides is 2. The van der Waals surface area contributed by atoms with Crippen molar-refractivity contribution < 1.29 is 23.8 Å². The van der Waals surface area contributed by atoms with Crippen LogP contribution in [0.1, 0.15) is 42.6 Å². The number of fused-ring (bicyclic) bond motifs is 3. The van der Waals surface area contributed by atoms with E-state index in [9.17, 15) is 19.1 Å². The van der Waals surface area contributed by atoms with Gasteiger partial charge < -0.3 is 20.5 Å². The van der Waals surface area contributed by atoms with Gasteiger partial charge >= 0.3 is 0 Å². The quantitative estimate of drug-likeness (QED) is 0.624. The Morgan fingerprint density at radius 1 is 1.30 bits per heavy atom. The number of aliphatic hydroxyl groups excluding tert-OH is 1. The fraction of sp³-hybridized carbons (Fsp3) is 0.450. The molecule has 0 radical (unpaired) electrons. The first-order valence-corrected chi connectivity index (χ1v) is 10.9. The molecule has 1 aromatic carbocycles. The minimum absolute atomic E-state index is 0.0190. The van der Waals surface area contributed by atoms with Gasteiger partial charge in [0, 0.05) is 17.0 Å². The molecule has 3 saturated carbocycles. The Hall–Kier alpha value is -2.23. The Labute approximate surface area is 181 Å². The van der Waals surface area contributed by atoms with Gasteiger partial charge in [-0.25, -0.2) is 9.37 Å². The molecule has 2 aromatic rings. The van der Waals surface area contributed by atoms with E-state index in [1.165, 1.54) is 23.5 Å². The molecule has 3 N–H and O–H groups in total. The second kappa shape index (κ2) is 8.13. The minimum atomic E-state index is -0.783. The largest absolute Gasteiger partial charge is 0.484 e. The topological polar surface area (TPSA) is 101 Å². The van der Waals surface area contributed by atoms with Crippen LogP contribution in [0.5, 0.6) is 5.75 Å². The van der Waals surface area contributed by atoms with Crippen molar-refractivity contribution in [3.63, 3.8) is 0 Å². The van der Waals surface area contributed by atoms with E-state index in [2.05, 4.69) is 15.6 Å². The second-order valence-electron chi connectivity index (χ2n) is 7.90. The summed E-state index contributed by atoms with van der Waals surface area (Å²) in [5.41, 5.74) is 0.683. The van der Waals surface area contributed by atoms with Crippen molar-refractivity contribution in [2.75, 3.05) is 6.61 Å². The van der Waals surface area contributed by atoms with Gasteiger partial charge in [-0.3, -0.25) is 9.59 Å². The standard InChI is InChI=1S/C20H21ClFN3O4S/c21-13-2-1-12(7-14(13)22)29-9-17(27)24-19-3-5-20(6-4-19,16(26)8-19)25-18(28)15-10-30-11-23-15/h1-2,7,10-11,16,26H,3-6,8-9H2,(H,24,27)(H,25,28). The van der Waals surface area contributed by atoms with Crippen LogP contribution < -0.4 is 15.4 Å². The monoisotopic (exact) mass is 453 g/mol. The van der Waals surface area contributed by atoms with Gasteiger partial charge in [0.15, 0.2) is 6.61 Å². The molecule has 5 rings (SSSR count). The molecule has 3 fully saturated rings. The number of aliphatic hydroxyl groups is 1. The molecule has 0 aliphatic heterocycles. The van der Waals surface area contributed by atoms with Gasteiger partial charge in [-0.05, 0) is 44.2 Å². The molecule has 3 aliphatic rings. The zero-order valence-corrected chi connectivity index (χ0v) is 17.6. The van der Waals surface area contributed by atoms with Crippen molar-refractivity contribution in [3.8, 4) is 5.75 Å². The number of aromatic nitrogens is 1. The lowest BCUT2D eigenvalue weighted by Gasteiger charge is -2.56. The maximum absolute atomic E-state index is 13.5. The summed E-state index contributed by atoms with van der Waals surface area (Å²) in [5, 5.41) is 18.4. The van der Waals surface area contributed by atoms with Gasteiger partial charge in [-0.15, -0.1) is 11.3 Å². The van der Waals surface area contributed by atoms with Crippen LogP contribution in [0.15, 0.2) is 29.1 Å². The average Bonchev–Trinajstić information content (AvgIpc) is 3.25. The van der Waals surface area contributed by atoms with Crippen LogP contribution in [-0.2, 0) is 4.79 Å². The highest BCUT2D eigenvalue weighted by Gasteiger charge is 2.55. The van der Waals surface area contributed by atoms with E-state index in [1.807, 2.05) is 0 Å². The van der Waals surface area contributed by atoms with Gasteiger partial charge in [-0.2, -0.15) is 0 Å². The Bertz CT molecular complexity index is 948. The summed E-state index contributed by atoms with van der Waals surface area (Å²) in [6, 6.07) is 3.97. The molecule has 30 heavy (non-hydrogen) atoms. The Morgan fingerprint density at radius 2 is 2.07 bits per heavy atom. The predicted octanol–water partition coefficient (Wildman–Crippen LogP) is 2.68. The number of ether oxygens (including phenoxy) is 1. The average molecular weight is 454 g/mol. The molecule has 160 valence electrons. The van der Waals surface area contributed by atoms with Crippen molar-refractivity contribution in [1.29, 1.82) is 0 Å². The third kappa shape index (κ3) is 4.14. The van der Waals surface area contributed by atoms with Gasteiger partial charge in [0.2, 0.25) is 0 Å². The van der Waals surface area contributed by atoms with Gasteiger partial charge in [-0.1, -0.05) is 11.6 Å². The van der Waals surface area contributed by atoms with Crippen molar-refractivity contribution in [1.82, 2.24) is 15.6 Å². The number of nitrogens with zero attached hydrogens (tertiary/aromatic N) is 1. The highest BCUT2D eigenvalue weighted by molar-refractivity contribution is 7.07. The Morgan fingerprint density at radius 3 is 2.70 bits per heavy atom. The van der Waals surface area contributed by atoms with Gasteiger partial charge in [0.05, 0.1) is 22.2 Å². The summed E-state index contributed by atoms with van der Waals surface area (Å²) >= 11 is 6.97. The summed E-state index contributed by atoms with van der Waals surface area (Å²) in [6.45, 7) is -0.273. The first-order chi connectivity index (χ1) is 14.3. The molecule has 0 spiro atoms. The van der Waals surface area contributed by atoms with Crippen LogP contribution in [-0.4, -0.2) is 45.7 Å². The summed E-state index contributed by atoms with van der Waals surface area (Å²) < 4.78 is 18.8. The number of hydrogen-bond donors (Lipinski definition) is 3. The van der Waals surface area contributed by atoms with Crippen LogP contribution in [0.3, 0.4) is 0 Å². The lowest BCUT2D eigenvalue weighted by atomic mass is 9.60. The SMILES string of the molecule is O=C(COc1ccc(Cl)c(F)c1)NC12CCC(NC(=O)c3cscn3)(CC1)C(O)C2. The number of hydrogen-bond acceptors (Lipinski definition) is 6. The lowest BCUT2D eigenvalue weighted by Crippen LogP contribution is -2.70. The first kappa shape index (κ1) is 21.0. The van der Waals surface area contributed by atoms with Crippen LogP contribution in [0, 0.1) is 5.82 Å². The van der Waals surface area contributed by atoms with Crippen molar-refractivity contribution in [2.24, 2.45) is 0 Å². The van der Waals surface area contributed by atoms with E-state index in [-0.39, 0.29) is 29.2 Å². The van der Waals surface area contributed by atoms with Crippen LogP contribution >= 0.6 is 22.9 Å². The van der Waals surface area contributed by atoms with E-state index in [0.717, 1.165) is 6.07 Å². The summed E-state index contributed by atoms with van der Waals surface area (Å²) in [4.78, 5) is 28.9. The molecular weight excluding hydrogens is 433 g/mol. The molecule has 1 unspecified atom stereocenters. The highest BCUT2D eigenvalue weighted by atomic mass is 35.5. The van der Waals surface area contributed by atoms with E-state index >= 15 is 0 Å². The van der Waals surface area contributed by atoms with E-state index in [1.54, 1.807) is 10.9 Å². The zero-order chi connectivity index (χ0) is 21.4. The van der Waals surface area contributed by atoms with Crippen LogP contribution in [0.4, 0.5) is 4.39 Å². The molecular formula is C20H21ClFN3O4S. The number of thiazole rings is 1. The van der Waals surface area contributed by atoms with E-state index in [4.69, 9.17) is 16.3 Å². The molecule has 1 heterocycles. The van der Waals surface area contributed by atoms with E-state index in [0.29, 0.717) is 37.8 Å². The van der Waals surface area contributed by atoms with Crippen LogP contribution in [0.2, 0.25) is 5.02 Å². The number of halogens is 2. The fourth-order valence-corrected chi connectivity index (χ4v) is 4.97. The van der Waals surface area contributed by atoms with Crippen molar-refractivity contribution in [3.05, 3.63) is 45.6 Å². The summed E-state index contributed by atoms with van der Waals surface area (Å²) in [6.07, 6.45) is 1.91. The molecule has 1 atom stereocenters. The summed E-state index contributed by atoms with van der Waals surface area (Å²) in [5.74, 6) is -1.05. The Balaban J connectivity index is 1.34.